The van der Waals surface area contributed by atoms with E-state index in [1.54, 1.807) is 24.8 Å². The molecule has 0 saturated carbocycles. The lowest BCUT2D eigenvalue weighted by Gasteiger charge is -2.16. The van der Waals surface area contributed by atoms with Crippen LogP contribution in [0.25, 0.3) is 0 Å². The second kappa shape index (κ2) is 6.01. The zero-order chi connectivity index (χ0) is 14.7. The molecular formula is C16H17N3O2. The van der Waals surface area contributed by atoms with Gasteiger partial charge >= 0.3 is 5.97 Å². The van der Waals surface area contributed by atoms with E-state index < -0.39 is 5.97 Å². The topological polar surface area (TPSA) is 66.3 Å². The molecule has 0 bridgehead atoms. The van der Waals surface area contributed by atoms with Crippen molar-refractivity contribution in [2.45, 2.75) is 12.5 Å². The van der Waals surface area contributed by atoms with Gasteiger partial charge in [0.05, 0.1) is 5.92 Å². The molecule has 1 N–H and O–H groups in total. The SMILES string of the molecule is O=C(O)[C@@H]1CN(Cc2ccncc2)C[C@H]1c1ccncc1. The first kappa shape index (κ1) is 13.7. The molecule has 0 aliphatic carbocycles. The number of aromatic nitrogens is 2. The van der Waals surface area contributed by atoms with Crippen molar-refractivity contribution in [1.29, 1.82) is 0 Å². The second-order valence-electron chi connectivity index (χ2n) is 5.38. The number of carboxylic acids is 1. The van der Waals surface area contributed by atoms with E-state index in [4.69, 9.17) is 0 Å². The molecule has 0 radical (unpaired) electrons. The number of rotatable bonds is 4. The van der Waals surface area contributed by atoms with Crippen molar-refractivity contribution >= 4 is 5.97 Å². The van der Waals surface area contributed by atoms with Crippen LogP contribution in [0.5, 0.6) is 0 Å². The van der Waals surface area contributed by atoms with E-state index in [9.17, 15) is 9.90 Å². The van der Waals surface area contributed by atoms with Crippen LogP contribution < -0.4 is 0 Å². The summed E-state index contributed by atoms with van der Waals surface area (Å²) in [5, 5.41) is 9.48. The van der Waals surface area contributed by atoms with Crippen molar-refractivity contribution in [3.05, 3.63) is 60.2 Å². The quantitative estimate of drug-likeness (QED) is 0.926. The summed E-state index contributed by atoms with van der Waals surface area (Å²) < 4.78 is 0. The van der Waals surface area contributed by atoms with E-state index in [1.165, 1.54) is 0 Å². The number of likely N-dealkylation sites (tertiary alicyclic amines) is 1. The normalized spacial score (nSPS) is 22.3. The highest BCUT2D eigenvalue weighted by Crippen LogP contribution is 2.33. The number of pyridine rings is 2. The van der Waals surface area contributed by atoms with Gasteiger partial charge in [0.15, 0.2) is 0 Å². The van der Waals surface area contributed by atoms with Crippen molar-refractivity contribution in [2.75, 3.05) is 13.1 Å². The number of nitrogens with zero attached hydrogens (tertiary/aromatic N) is 3. The molecule has 3 heterocycles. The summed E-state index contributed by atoms with van der Waals surface area (Å²) in [5.74, 6) is -1.07. The highest BCUT2D eigenvalue weighted by molar-refractivity contribution is 5.72. The predicted molar refractivity (Wildman–Crippen MR) is 77.6 cm³/mol. The number of carbonyl (C=O) groups is 1. The van der Waals surface area contributed by atoms with Crippen LogP contribution in [0, 0.1) is 5.92 Å². The molecular weight excluding hydrogens is 266 g/mol. The molecule has 5 nitrogen and oxygen atoms in total. The molecule has 0 unspecified atom stereocenters. The molecule has 1 saturated heterocycles. The van der Waals surface area contributed by atoms with E-state index in [1.807, 2.05) is 24.3 Å². The van der Waals surface area contributed by atoms with Gasteiger partial charge in [0.2, 0.25) is 0 Å². The molecule has 1 aliphatic rings. The van der Waals surface area contributed by atoms with Crippen LogP contribution in [0.3, 0.4) is 0 Å². The van der Waals surface area contributed by atoms with E-state index in [0.717, 1.165) is 24.2 Å². The molecule has 0 aromatic carbocycles. The minimum absolute atomic E-state index is 0.0207. The Morgan fingerprint density at radius 3 is 2.33 bits per heavy atom. The van der Waals surface area contributed by atoms with Gasteiger partial charge in [0.1, 0.15) is 0 Å². The molecule has 1 fully saturated rings. The number of carboxylic acid groups (broad SMARTS) is 1. The summed E-state index contributed by atoms with van der Waals surface area (Å²) in [4.78, 5) is 21.7. The third-order valence-corrected chi connectivity index (χ3v) is 4.00. The first-order chi connectivity index (χ1) is 10.2. The second-order valence-corrected chi connectivity index (χ2v) is 5.38. The molecule has 2 aromatic rings. The summed E-state index contributed by atoms with van der Waals surface area (Å²) in [6.07, 6.45) is 6.97. The van der Waals surface area contributed by atoms with Gasteiger partial charge in [0, 0.05) is 50.3 Å². The zero-order valence-electron chi connectivity index (χ0n) is 11.6. The van der Waals surface area contributed by atoms with E-state index in [0.29, 0.717) is 6.54 Å². The minimum Gasteiger partial charge on any atom is -0.481 e. The molecule has 0 amide bonds. The fourth-order valence-corrected chi connectivity index (χ4v) is 2.96. The Labute approximate surface area is 123 Å². The van der Waals surface area contributed by atoms with Gasteiger partial charge in [-0.15, -0.1) is 0 Å². The van der Waals surface area contributed by atoms with Crippen molar-refractivity contribution in [2.24, 2.45) is 5.92 Å². The van der Waals surface area contributed by atoms with Crippen LogP contribution in [0.1, 0.15) is 17.0 Å². The van der Waals surface area contributed by atoms with Crippen molar-refractivity contribution in [3.8, 4) is 0 Å². The van der Waals surface area contributed by atoms with Gasteiger partial charge in [-0.05, 0) is 35.4 Å². The number of aliphatic carboxylic acids is 1. The van der Waals surface area contributed by atoms with Crippen molar-refractivity contribution < 1.29 is 9.90 Å². The average Bonchev–Trinajstić information content (AvgIpc) is 2.93. The first-order valence-corrected chi connectivity index (χ1v) is 6.98. The smallest absolute Gasteiger partial charge is 0.308 e. The highest BCUT2D eigenvalue weighted by atomic mass is 16.4. The summed E-state index contributed by atoms with van der Waals surface area (Å²) >= 11 is 0. The Morgan fingerprint density at radius 1 is 1.10 bits per heavy atom. The minimum atomic E-state index is -0.728. The number of hydrogen-bond donors (Lipinski definition) is 1. The lowest BCUT2D eigenvalue weighted by molar-refractivity contribution is -0.141. The maximum atomic E-state index is 11.5. The maximum Gasteiger partial charge on any atom is 0.308 e. The molecule has 21 heavy (non-hydrogen) atoms. The van der Waals surface area contributed by atoms with Gasteiger partial charge in [0.25, 0.3) is 0 Å². The first-order valence-electron chi connectivity index (χ1n) is 6.98. The Bertz CT molecular complexity index is 603. The Hall–Kier alpha value is -2.27. The fourth-order valence-electron chi connectivity index (χ4n) is 2.96. The van der Waals surface area contributed by atoms with Crippen LogP contribution in [0.4, 0.5) is 0 Å². The lowest BCUT2D eigenvalue weighted by atomic mass is 9.90. The third-order valence-electron chi connectivity index (χ3n) is 4.00. The van der Waals surface area contributed by atoms with Gasteiger partial charge in [-0.3, -0.25) is 19.7 Å². The molecule has 0 spiro atoms. The molecule has 1 aliphatic heterocycles. The highest BCUT2D eigenvalue weighted by Gasteiger charge is 2.38. The van der Waals surface area contributed by atoms with Crippen LogP contribution in [-0.4, -0.2) is 39.0 Å². The van der Waals surface area contributed by atoms with Gasteiger partial charge in [-0.2, -0.15) is 0 Å². The maximum absolute atomic E-state index is 11.5. The third kappa shape index (κ3) is 3.08. The van der Waals surface area contributed by atoms with Crippen LogP contribution in [0.2, 0.25) is 0 Å². The van der Waals surface area contributed by atoms with Crippen molar-refractivity contribution in [1.82, 2.24) is 14.9 Å². The summed E-state index contributed by atoms with van der Waals surface area (Å²) in [5.41, 5.74) is 2.21. The van der Waals surface area contributed by atoms with E-state index in [-0.39, 0.29) is 11.8 Å². The number of hydrogen-bond acceptors (Lipinski definition) is 4. The average molecular weight is 283 g/mol. The van der Waals surface area contributed by atoms with Gasteiger partial charge in [-0.25, -0.2) is 0 Å². The van der Waals surface area contributed by atoms with Crippen LogP contribution >= 0.6 is 0 Å². The van der Waals surface area contributed by atoms with Crippen LogP contribution in [0.15, 0.2) is 49.1 Å². The van der Waals surface area contributed by atoms with Gasteiger partial charge < -0.3 is 5.11 Å². The summed E-state index contributed by atoms with van der Waals surface area (Å²) in [7, 11) is 0. The zero-order valence-corrected chi connectivity index (χ0v) is 11.6. The Kier molecular flexibility index (Phi) is 3.92. The van der Waals surface area contributed by atoms with E-state index in [2.05, 4.69) is 14.9 Å². The van der Waals surface area contributed by atoms with Gasteiger partial charge in [-0.1, -0.05) is 0 Å². The monoisotopic (exact) mass is 283 g/mol. The molecule has 2 atom stereocenters. The molecule has 2 aromatic heterocycles. The standard InChI is InChI=1S/C16H17N3O2/c20-16(21)15-11-19(9-12-1-5-17-6-2-12)10-14(15)13-3-7-18-8-4-13/h1-8,14-15H,9-11H2,(H,20,21)/t14-,15+/m0/s1. The predicted octanol–water partition coefficient (Wildman–Crippen LogP) is 1.78. The molecule has 3 rings (SSSR count). The Balaban J connectivity index is 1.77. The molecule has 5 heteroatoms. The van der Waals surface area contributed by atoms with E-state index >= 15 is 0 Å². The lowest BCUT2D eigenvalue weighted by Crippen LogP contribution is -2.23. The summed E-state index contributed by atoms with van der Waals surface area (Å²) in [6, 6.07) is 7.76. The van der Waals surface area contributed by atoms with Crippen molar-refractivity contribution in [3.63, 3.8) is 0 Å². The largest absolute Gasteiger partial charge is 0.481 e. The molecule has 108 valence electrons. The fraction of sp³-hybridized carbons (Fsp3) is 0.312. The summed E-state index contributed by atoms with van der Waals surface area (Å²) in [6.45, 7) is 2.09. The van der Waals surface area contributed by atoms with Crippen LogP contribution in [-0.2, 0) is 11.3 Å². The Morgan fingerprint density at radius 2 is 1.71 bits per heavy atom.